The maximum atomic E-state index is 12.2. The number of halogens is 3. The number of nitrogens with one attached hydrogen (secondary N) is 1. The van der Waals surface area contributed by atoms with Gasteiger partial charge in [-0.2, -0.15) is 0 Å². The first-order chi connectivity index (χ1) is 9.03. The predicted octanol–water partition coefficient (Wildman–Crippen LogP) is 3.10. The van der Waals surface area contributed by atoms with Crippen LogP contribution in [0.25, 0.3) is 0 Å². The number of alkyl halides is 3. The highest BCUT2D eigenvalue weighted by Gasteiger charge is 2.31. The maximum absolute atomic E-state index is 12.2. The molecule has 3 nitrogen and oxygen atoms in total. The van der Waals surface area contributed by atoms with Crippen molar-refractivity contribution >= 4 is 0 Å². The molecule has 1 N–H and O–H groups in total. The molecule has 6 heteroatoms. The molecule has 0 aromatic heterocycles. The van der Waals surface area contributed by atoms with E-state index in [1.54, 1.807) is 12.1 Å². The summed E-state index contributed by atoms with van der Waals surface area (Å²) >= 11 is 0. The Hall–Kier alpha value is -1.27. The van der Waals surface area contributed by atoms with E-state index in [-0.39, 0.29) is 5.75 Å². The van der Waals surface area contributed by atoms with Gasteiger partial charge in [-0.05, 0) is 26.0 Å². The minimum Gasteiger partial charge on any atom is -0.405 e. The van der Waals surface area contributed by atoms with Gasteiger partial charge in [0.1, 0.15) is 5.75 Å². The molecule has 1 aromatic rings. The van der Waals surface area contributed by atoms with E-state index in [4.69, 9.17) is 4.74 Å². The van der Waals surface area contributed by atoms with Gasteiger partial charge in [0.25, 0.3) is 0 Å². The minimum atomic E-state index is -4.66. The molecule has 0 aliphatic rings. The van der Waals surface area contributed by atoms with Crippen LogP contribution in [0.2, 0.25) is 0 Å². The number of hydrogen-bond acceptors (Lipinski definition) is 3. The lowest BCUT2D eigenvalue weighted by molar-refractivity contribution is -0.274. The zero-order valence-electron chi connectivity index (χ0n) is 10.8. The Balaban J connectivity index is 2.40. The summed E-state index contributed by atoms with van der Waals surface area (Å²) in [5.74, 6) is -0.160. The summed E-state index contributed by atoms with van der Waals surface area (Å²) in [7, 11) is 0. The van der Waals surface area contributed by atoms with Gasteiger partial charge in [-0.3, -0.25) is 0 Å². The number of benzene rings is 1. The fourth-order valence-electron chi connectivity index (χ4n) is 1.54. The second-order valence-corrected chi connectivity index (χ2v) is 3.88. The molecule has 0 spiro atoms. The highest BCUT2D eigenvalue weighted by Crippen LogP contribution is 2.25. The number of hydrogen-bond donors (Lipinski definition) is 1. The predicted molar refractivity (Wildman–Crippen MR) is 65.9 cm³/mol. The molecule has 0 bridgehead atoms. The molecular weight excluding hydrogens is 259 g/mol. The summed E-state index contributed by atoms with van der Waals surface area (Å²) in [5, 5.41) is 3.06. The van der Waals surface area contributed by atoms with Crippen molar-refractivity contribution in [1.82, 2.24) is 5.32 Å². The number of rotatable bonds is 8. The van der Waals surface area contributed by atoms with Gasteiger partial charge in [-0.25, -0.2) is 0 Å². The number of ether oxygens (including phenoxy) is 2. The molecule has 0 saturated heterocycles. The highest BCUT2D eigenvalue weighted by atomic mass is 19.4. The molecular formula is C13H18F3NO2. The van der Waals surface area contributed by atoms with Gasteiger partial charge < -0.3 is 14.8 Å². The van der Waals surface area contributed by atoms with Crippen LogP contribution in [-0.4, -0.2) is 26.1 Å². The maximum Gasteiger partial charge on any atom is 0.573 e. The van der Waals surface area contributed by atoms with Crippen LogP contribution in [-0.2, 0) is 11.3 Å². The van der Waals surface area contributed by atoms with Crippen molar-refractivity contribution in [2.75, 3.05) is 19.8 Å². The fourth-order valence-corrected chi connectivity index (χ4v) is 1.54. The van der Waals surface area contributed by atoms with Crippen molar-refractivity contribution in [3.05, 3.63) is 29.8 Å². The van der Waals surface area contributed by atoms with Gasteiger partial charge in [0.05, 0.1) is 0 Å². The molecule has 19 heavy (non-hydrogen) atoms. The quantitative estimate of drug-likeness (QED) is 0.741. The molecule has 0 radical (unpaired) electrons. The topological polar surface area (TPSA) is 30.5 Å². The zero-order valence-corrected chi connectivity index (χ0v) is 10.8. The summed E-state index contributed by atoms with van der Waals surface area (Å²) in [5.41, 5.74) is 0.483. The largest absolute Gasteiger partial charge is 0.573 e. The van der Waals surface area contributed by atoms with Crippen LogP contribution in [0.4, 0.5) is 13.2 Å². The van der Waals surface area contributed by atoms with Crippen LogP contribution in [0.15, 0.2) is 24.3 Å². The molecule has 0 aliphatic heterocycles. The Morgan fingerprint density at radius 3 is 2.63 bits per heavy atom. The second kappa shape index (κ2) is 8.01. The Labute approximate surface area is 110 Å². The molecule has 0 fully saturated rings. The minimum absolute atomic E-state index is 0.160. The monoisotopic (exact) mass is 277 g/mol. The molecule has 0 saturated carbocycles. The van der Waals surface area contributed by atoms with Crippen LogP contribution in [0.5, 0.6) is 5.75 Å². The molecule has 108 valence electrons. The van der Waals surface area contributed by atoms with Crippen LogP contribution in [0.3, 0.4) is 0 Å². The van der Waals surface area contributed by atoms with Crippen molar-refractivity contribution in [3.8, 4) is 5.75 Å². The van der Waals surface area contributed by atoms with Gasteiger partial charge in [-0.15, -0.1) is 13.2 Å². The lowest BCUT2D eigenvalue weighted by Gasteiger charge is -2.13. The van der Waals surface area contributed by atoms with Crippen LogP contribution >= 0.6 is 0 Å². The van der Waals surface area contributed by atoms with Crippen molar-refractivity contribution in [2.45, 2.75) is 26.3 Å². The van der Waals surface area contributed by atoms with Gasteiger partial charge in [0.15, 0.2) is 0 Å². The van der Waals surface area contributed by atoms with Crippen molar-refractivity contribution < 1.29 is 22.6 Å². The fraction of sp³-hybridized carbons (Fsp3) is 0.538. The Bertz CT molecular complexity index is 369. The lowest BCUT2D eigenvalue weighted by Crippen LogP contribution is -2.21. The molecule has 0 aliphatic carbocycles. The first kappa shape index (κ1) is 15.8. The van der Waals surface area contributed by atoms with E-state index in [2.05, 4.69) is 10.1 Å². The summed E-state index contributed by atoms with van der Waals surface area (Å²) in [6.45, 7) is 4.24. The van der Waals surface area contributed by atoms with E-state index in [0.717, 1.165) is 6.42 Å². The van der Waals surface area contributed by atoms with Crippen LogP contribution in [0.1, 0.15) is 18.9 Å². The zero-order chi connectivity index (χ0) is 14.1. The molecule has 1 rings (SSSR count). The highest BCUT2D eigenvalue weighted by molar-refractivity contribution is 5.33. The number of para-hydroxylation sites is 1. The summed E-state index contributed by atoms with van der Waals surface area (Å²) in [6.07, 6.45) is -3.85. The smallest absolute Gasteiger partial charge is 0.405 e. The van der Waals surface area contributed by atoms with E-state index in [0.29, 0.717) is 31.9 Å². The molecule has 0 unspecified atom stereocenters. The SMILES string of the molecule is CCOCCCNCc1ccccc1OC(F)(F)F. The molecule has 1 aromatic carbocycles. The van der Waals surface area contributed by atoms with E-state index in [1.165, 1.54) is 12.1 Å². The third kappa shape index (κ3) is 7.03. The third-order valence-corrected chi connectivity index (χ3v) is 2.36. The molecule has 0 amide bonds. The Kier molecular flexibility index (Phi) is 6.66. The van der Waals surface area contributed by atoms with Crippen molar-refractivity contribution in [2.24, 2.45) is 0 Å². The summed E-state index contributed by atoms with van der Waals surface area (Å²) in [4.78, 5) is 0. The van der Waals surface area contributed by atoms with E-state index in [9.17, 15) is 13.2 Å². The van der Waals surface area contributed by atoms with Gasteiger partial charge in [-0.1, -0.05) is 18.2 Å². The van der Waals surface area contributed by atoms with Crippen LogP contribution in [0, 0.1) is 0 Å². The summed E-state index contributed by atoms with van der Waals surface area (Å²) < 4.78 is 45.7. The first-order valence-electron chi connectivity index (χ1n) is 6.15. The van der Waals surface area contributed by atoms with Gasteiger partial charge in [0, 0.05) is 25.3 Å². The Morgan fingerprint density at radius 2 is 1.95 bits per heavy atom. The molecule has 0 heterocycles. The van der Waals surface area contributed by atoms with Gasteiger partial charge >= 0.3 is 6.36 Å². The van der Waals surface area contributed by atoms with Crippen molar-refractivity contribution in [1.29, 1.82) is 0 Å². The lowest BCUT2D eigenvalue weighted by atomic mass is 10.2. The summed E-state index contributed by atoms with van der Waals surface area (Å²) in [6, 6.07) is 6.11. The van der Waals surface area contributed by atoms with Gasteiger partial charge in [0.2, 0.25) is 0 Å². The van der Waals surface area contributed by atoms with E-state index < -0.39 is 6.36 Å². The Morgan fingerprint density at radius 1 is 1.21 bits per heavy atom. The van der Waals surface area contributed by atoms with Crippen LogP contribution < -0.4 is 10.1 Å². The van der Waals surface area contributed by atoms with E-state index in [1.807, 2.05) is 6.92 Å². The van der Waals surface area contributed by atoms with E-state index >= 15 is 0 Å². The third-order valence-electron chi connectivity index (χ3n) is 2.36. The van der Waals surface area contributed by atoms with Crippen molar-refractivity contribution in [3.63, 3.8) is 0 Å². The standard InChI is InChI=1S/C13H18F3NO2/c1-2-18-9-5-8-17-10-11-6-3-4-7-12(11)19-13(14,15)16/h3-4,6-7,17H,2,5,8-10H2,1H3. The average Bonchev–Trinajstić information content (AvgIpc) is 2.33. The molecule has 0 atom stereocenters. The first-order valence-corrected chi connectivity index (χ1v) is 6.15. The normalized spacial score (nSPS) is 11.6. The average molecular weight is 277 g/mol. The second-order valence-electron chi connectivity index (χ2n) is 3.88.